The highest BCUT2D eigenvalue weighted by atomic mass is 35.5. The number of benzene rings is 1. The van der Waals surface area contributed by atoms with Crippen LogP contribution in [-0.2, 0) is 20.3 Å². The third-order valence-electron chi connectivity index (χ3n) is 5.41. The van der Waals surface area contributed by atoms with E-state index in [2.05, 4.69) is 10.1 Å². The minimum absolute atomic E-state index is 0. The zero-order valence-electron chi connectivity index (χ0n) is 15.8. The normalized spacial score (nSPS) is 20.1. The summed E-state index contributed by atoms with van der Waals surface area (Å²) in [6.07, 6.45) is 3.76. The SMILES string of the molecule is Cc1ccc(S(=O)(=O)N2CCOCC2)cc1-c1nc(C2(N)CCCC2)no1.Cl. The second-order valence-electron chi connectivity index (χ2n) is 7.28. The fourth-order valence-corrected chi connectivity index (χ4v) is 5.13. The molecule has 1 saturated carbocycles. The molecule has 2 aliphatic rings. The van der Waals surface area contributed by atoms with Crippen LogP contribution < -0.4 is 5.73 Å². The van der Waals surface area contributed by atoms with E-state index in [4.69, 9.17) is 15.0 Å². The molecule has 28 heavy (non-hydrogen) atoms. The molecular formula is C18H25ClN4O4S. The van der Waals surface area contributed by atoms with Crippen LogP contribution in [0.5, 0.6) is 0 Å². The van der Waals surface area contributed by atoms with Crippen LogP contribution in [0.15, 0.2) is 27.6 Å². The summed E-state index contributed by atoms with van der Waals surface area (Å²) >= 11 is 0. The lowest BCUT2D eigenvalue weighted by Gasteiger charge is -2.26. The summed E-state index contributed by atoms with van der Waals surface area (Å²) in [7, 11) is -3.59. The second-order valence-corrected chi connectivity index (χ2v) is 9.22. The molecule has 154 valence electrons. The lowest BCUT2D eigenvalue weighted by molar-refractivity contribution is 0.0730. The Morgan fingerprint density at radius 1 is 1.18 bits per heavy atom. The zero-order valence-corrected chi connectivity index (χ0v) is 17.4. The lowest BCUT2D eigenvalue weighted by atomic mass is 9.98. The fourth-order valence-electron chi connectivity index (χ4n) is 3.69. The number of rotatable bonds is 4. The quantitative estimate of drug-likeness (QED) is 0.794. The number of aromatic nitrogens is 2. The van der Waals surface area contributed by atoms with Crippen molar-refractivity contribution in [2.75, 3.05) is 26.3 Å². The highest BCUT2D eigenvalue weighted by molar-refractivity contribution is 7.89. The van der Waals surface area contributed by atoms with Crippen LogP contribution >= 0.6 is 12.4 Å². The van der Waals surface area contributed by atoms with Crippen molar-refractivity contribution in [2.45, 2.75) is 43.0 Å². The number of hydrogen-bond acceptors (Lipinski definition) is 7. The first-order chi connectivity index (χ1) is 12.9. The van der Waals surface area contributed by atoms with Gasteiger partial charge in [-0.1, -0.05) is 24.1 Å². The summed E-state index contributed by atoms with van der Waals surface area (Å²) in [6.45, 7) is 3.41. The Balaban J connectivity index is 0.00000225. The predicted octanol–water partition coefficient (Wildman–Crippen LogP) is 2.22. The average Bonchev–Trinajstić information content (AvgIpc) is 3.33. The summed E-state index contributed by atoms with van der Waals surface area (Å²) in [6, 6.07) is 4.98. The monoisotopic (exact) mass is 428 g/mol. The molecule has 1 saturated heterocycles. The van der Waals surface area contributed by atoms with E-state index in [9.17, 15) is 8.42 Å². The van der Waals surface area contributed by atoms with Gasteiger partial charge in [-0.05, 0) is 37.5 Å². The molecule has 1 aromatic heterocycles. The highest BCUT2D eigenvalue weighted by Gasteiger charge is 2.36. The van der Waals surface area contributed by atoms with Crippen molar-refractivity contribution in [2.24, 2.45) is 5.73 Å². The molecule has 0 radical (unpaired) electrons. The van der Waals surface area contributed by atoms with Crippen LogP contribution in [0.2, 0.25) is 0 Å². The van der Waals surface area contributed by atoms with E-state index >= 15 is 0 Å². The Kier molecular flexibility index (Phi) is 6.11. The van der Waals surface area contributed by atoms with Gasteiger partial charge in [0.15, 0.2) is 5.82 Å². The van der Waals surface area contributed by atoms with Gasteiger partial charge in [0.05, 0.1) is 23.6 Å². The van der Waals surface area contributed by atoms with Crippen molar-refractivity contribution >= 4 is 22.4 Å². The van der Waals surface area contributed by atoms with Crippen molar-refractivity contribution in [3.63, 3.8) is 0 Å². The number of aryl methyl sites for hydroxylation is 1. The molecule has 1 aliphatic carbocycles. The van der Waals surface area contributed by atoms with Crippen molar-refractivity contribution < 1.29 is 17.7 Å². The van der Waals surface area contributed by atoms with Crippen molar-refractivity contribution in [1.29, 1.82) is 0 Å². The Bertz CT molecular complexity index is 935. The van der Waals surface area contributed by atoms with Gasteiger partial charge in [-0.15, -0.1) is 12.4 Å². The van der Waals surface area contributed by atoms with Crippen molar-refractivity contribution in [3.8, 4) is 11.5 Å². The summed E-state index contributed by atoms with van der Waals surface area (Å²) in [5.74, 6) is 0.800. The molecule has 2 heterocycles. The maximum absolute atomic E-state index is 12.9. The van der Waals surface area contributed by atoms with E-state index in [1.807, 2.05) is 6.92 Å². The maximum Gasteiger partial charge on any atom is 0.258 e. The molecular weight excluding hydrogens is 404 g/mol. The standard InChI is InChI=1S/C18H24N4O4S.ClH/c1-13-4-5-14(27(23,24)22-8-10-25-11-9-22)12-15(13)16-20-17(21-26-16)18(19)6-2-3-7-18;/h4-5,12H,2-3,6-11,19H2,1H3;1H. The zero-order chi connectivity index (χ0) is 19.1. The number of nitrogens with two attached hydrogens (primary N) is 1. The van der Waals surface area contributed by atoms with Gasteiger partial charge in [0.1, 0.15) is 0 Å². The molecule has 10 heteroatoms. The van der Waals surface area contributed by atoms with Gasteiger partial charge in [-0.3, -0.25) is 0 Å². The maximum atomic E-state index is 12.9. The number of halogens is 1. The predicted molar refractivity (Wildman–Crippen MR) is 106 cm³/mol. The van der Waals surface area contributed by atoms with Crippen LogP contribution in [-0.4, -0.2) is 49.2 Å². The van der Waals surface area contributed by atoms with Gasteiger partial charge in [0.25, 0.3) is 5.89 Å². The van der Waals surface area contributed by atoms with Gasteiger partial charge in [-0.2, -0.15) is 9.29 Å². The molecule has 8 nitrogen and oxygen atoms in total. The molecule has 0 atom stereocenters. The molecule has 1 aromatic carbocycles. The third kappa shape index (κ3) is 3.81. The van der Waals surface area contributed by atoms with Crippen LogP contribution in [0, 0.1) is 6.92 Å². The van der Waals surface area contributed by atoms with E-state index in [0.717, 1.165) is 31.2 Å². The van der Waals surface area contributed by atoms with E-state index in [0.29, 0.717) is 43.6 Å². The molecule has 2 fully saturated rings. The van der Waals surface area contributed by atoms with Crippen LogP contribution in [0.25, 0.3) is 11.5 Å². The van der Waals surface area contributed by atoms with Crippen LogP contribution in [0.1, 0.15) is 37.1 Å². The molecule has 1 aliphatic heterocycles. The van der Waals surface area contributed by atoms with E-state index in [1.165, 1.54) is 4.31 Å². The number of nitrogens with zero attached hydrogens (tertiary/aromatic N) is 3. The summed E-state index contributed by atoms with van der Waals surface area (Å²) < 4.78 is 38.0. The first-order valence-corrected chi connectivity index (χ1v) is 10.7. The summed E-state index contributed by atoms with van der Waals surface area (Å²) in [5, 5.41) is 4.08. The Labute approximate surface area is 170 Å². The first-order valence-electron chi connectivity index (χ1n) is 9.22. The second kappa shape index (κ2) is 8.08. The smallest absolute Gasteiger partial charge is 0.258 e. The molecule has 0 amide bonds. The van der Waals surface area contributed by atoms with E-state index in [1.54, 1.807) is 18.2 Å². The lowest BCUT2D eigenvalue weighted by Crippen LogP contribution is -2.40. The van der Waals surface area contributed by atoms with E-state index < -0.39 is 15.6 Å². The number of hydrogen-bond donors (Lipinski definition) is 1. The largest absolute Gasteiger partial charge is 0.379 e. The summed E-state index contributed by atoms with van der Waals surface area (Å²) in [4.78, 5) is 4.72. The summed E-state index contributed by atoms with van der Waals surface area (Å²) in [5.41, 5.74) is 7.34. The van der Waals surface area contributed by atoms with Gasteiger partial charge in [0, 0.05) is 18.7 Å². The number of sulfonamides is 1. The third-order valence-corrected chi connectivity index (χ3v) is 7.31. The Hall–Kier alpha value is -1.52. The number of ether oxygens (including phenoxy) is 1. The molecule has 0 unspecified atom stereocenters. The number of morpholine rings is 1. The first kappa shape index (κ1) is 21.2. The van der Waals surface area contributed by atoms with Gasteiger partial charge in [0.2, 0.25) is 10.0 Å². The topological polar surface area (TPSA) is 112 Å². The minimum Gasteiger partial charge on any atom is -0.379 e. The molecule has 0 spiro atoms. The van der Waals surface area contributed by atoms with Crippen LogP contribution in [0.4, 0.5) is 0 Å². The van der Waals surface area contributed by atoms with Crippen molar-refractivity contribution in [3.05, 3.63) is 29.6 Å². The van der Waals surface area contributed by atoms with Gasteiger partial charge in [-0.25, -0.2) is 8.42 Å². The molecule has 2 aromatic rings. The van der Waals surface area contributed by atoms with Crippen LogP contribution in [0.3, 0.4) is 0 Å². The Morgan fingerprint density at radius 2 is 1.86 bits per heavy atom. The average molecular weight is 429 g/mol. The van der Waals surface area contributed by atoms with Gasteiger partial charge >= 0.3 is 0 Å². The molecule has 4 rings (SSSR count). The Morgan fingerprint density at radius 3 is 2.54 bits per heavy atom. The highest BCUT2D eigenvalue weighted by Crippen LogP contribution is 2.36. The minimum atomic E-state index is -3.59. The molecule has 0 bridgehead atoms. The molecule has 2 N–H and O–H groups in total. The fraction of sp³-hybridized carbons (Fsp3) is 0.556. The van der Waals surface area contributed by atoms with E-state index in [-0.39, 0.29) is 17.3 Å². The van der Waals surface area contributed by atoms with Crippen molar-refractivity contribution in [1.82, 2.24) is 14.4 Å². The van der Waals surface area contributed by atoms with Gasteiger partial charge < -0.3 is 15.0 Å².